The van der Waals surface area contributed by atoms with Crippen molar-refractivity contribution in [3.8, 4) is 5.75 Å². The van der Waals surface area contributed by atoms with E-state index in [2.05, 4.69) is 0 Å². The molecule has 2 aromatic rings. The van der Waals surface area contributed by atoms with Crippen molar-refractivity contribution in [1.29, 1.82) is 0 Å². The Bertz CT molecular complexity index is 685. The molecule has 0 spiro atoms. The number of carbonyl (C=O) groups is 1. The summed E-state index contributed by atoms with van der Waals surface area (Å²) in [5.41, 5.74) is 0.596. The molecule has 3 rings (SSSR count). The smallest absolute Gasteiger partial charge is 0.263 e. The van der Waals surface area contributed by atoms with Gasteiger partial charge in [0.2, 0.25) is 0 Å². The molecule has 1 saturated heterocycles. The minimum absolute atomic E-state index is 0.0352. The monoisotopic (exact) mass is 328 g/mol. The van der Waals surface area contributed by atoms with Crippen LogP contribution in [0.3, 0.4) is 0 Å². The zero-order valence-corrected chi connectivity index (χ0v) is 13.7. The summed E-state index contributed by atoms with van der Waals surface area (Å²) in [5.74, 6) is 0.424. The van der Waals surface area contributed by atoms with Crippen LogP contribution in [-0.2, 0) is 4.79 Å². The molecule has 0 aromatic heterocycles. The molecule has 0 saturated carbocycles. The fraction of sp³-hybridized carbons (Fsp3) is 0.316. The van der Waals surface area contributed by atoms with Crippen molar-refractivity contribution in [2.24, 2.45) is 0 Å². The van der Waals surface area contributed by atoms with E-state index in [0.717, 1.165) is 0 Å². The van der Waals surface area contributed by atoms with Crippen molar-refractivity contribution in [3.05, 3.63) is 60.4 Å². The van der Waals surface area contributed by atoms with Gasteiger partial charge < -0.3 is 14.5 Å². The highest BCUT2D eigenvalue weighted by Crippen LogP contribution is 2.20. The van der Waals surface area contributed by atoms with Crippen LogP contribution in [0.1, 0.15) is 6.92 Å². The number of halogens is 1. The summed E-state index contributed by atoms with van der Waals surface area (Å²) in [6, 6.07) is 16.1. The lowest BCUT2D eigenvalue weighted by Gasteiger charge is -2.37. The highest BCUT2D eigenvalue weighted by Gasteiger charge is 2.26. The van der Waals surface area contributed by atoms with Crippen molar-refractivity contribution >= 4 is 11.6 Å². The van der Waals surface area contributed by atoms with Gasteiger partial charge in [0.1, 0.15) is 11.6 Å². The second-order valence-electron chi connectivity index (χ2n) is 5.84. The first kappa shape index (κ1) is 16.3. The first-order valence-electron chi connectivity index (χ1n) is 8.15. The van der Waals surface area contributed by atoms with E-state index in [1.807, 2.05) is 41.3 Å². The number of benzene rings is 2. The number of nitrogens with zero attached hydrogens (tertiary/aromatic N) is 2. The summed E-state index contributed by atoms with van der Waals surface area (Å²) >= 11 is 0. The first-order chi connectivity index (χ1) is 11.6. The van der Waals surface area contributed by atoms with Crippen LogP contribution < -0.4 is 9.64 Å². The second kappa shape index (κ2) is 7.34. The number of carbonyl (C=O) groups excluding carboxylic acids is 1. The van der Waals surface area contributed by atoms with Gasteiger partial charge in [-0.2, -0.15) is 0 Å². The van der Waals surface area contributed by atoms with Crippen molar-refractivity contribution in [3.63, 3.8) is 0 Å². The van der Waals surface area contributed by atoms with Gasteiger partial charge in [-0.3, -0.25) is 4.79 Å². The van der Waals surface area contributed by atoms with E-state index in [-0.39, 0.29) is 11.7 Å². The Labute approximate surface area is 141 Å². The maximum Gasteiger partial charge on any atom is 0.263 e. The van der Waals surface area contributed by atoms with Gasteiger partial charge >= 0.3 is 0 Å². The third kappa shape index (κ3) is 3.67. The Morgan fingerprint density at radius 3 is 2.29 bits per heavy atom. The Morgan fingerprint density at radius 1 is 1.00 bits per heavy atom. The van der Waals surface area contributed by atoms with Crippen molar-refractivity contribution in [1.82, 2.24) is 4.90 Å². The standard InChI is InChI=1S/C19H21FN2O2/c1-15(24-16-7-3-2-4-8-16)19(23)22-13-11-21(12-14-22)18-10-6-5-9-17(18)20/h2-10,15H,11-14H2,1H3/t15-/m1/s1. The molecule has 1 heterocycles. The fourth-order valence-corrected chi connectivity index (χ4v) is 2.89. The van der Waals surface area contributed by atoms with Gasteiger partial charge in [0.25, 0.3) is 5.91 Å². The summed E-state index contributed by atoms with van der Waals surface area (Å²) in [6.07, 6.45) is -0.535. The van der Waals surface area contributed by atoms with Crippen LogP contribution in [0.25, 0.3) is 0 Å². The molecule has 5 heteroatoms. The third-order valence-electron chi connectivity index (χ3n) is 4.19. The Balaban J connectivity index is 1.56. The number of rotatable bonds is 4. The second-order valence-corrected chi connectivity index (χ2v) is 5.84. The number of hydrogen-bond donors (Lipinski definition) is 0. The van der Waals surface area contributed by atoms with E-state index in [0.29, 0.717) is 37.6 Å². The van der Waals surface area contributed by atoms with Crippen LogP contribution in [0.5, 0.6) is 5.75 Å². The SMILES string of the molecule is C[C@@H](Oc1ccccc1)C(=O)N1CCN(c2ccccc2F)CC1. The van der Waals surface area contributed by atoms with Gasteiger partial charge in [0.15, 0.2) is 6.10 Å². The van der Waals surface area contributed by atoms with Crippen LogP contribution in [0.15, 0.2) is 54.6 Å². The summed E-state index contributed by atoms with van der Waals surface area (Å²) < 4.78 is 19.6. The lowest BCUT2D eigenvalue weighted by Crippen LogP contribution is -2.52. The molecule has 1 aliphatic heterocycles. The van der Waals surface area contributed by atoms with Gasteiger partial charge in [-0.25, -0.2) is 4.39 Å². The number of anilines is 1. The topological polar surface area (TPSA) is 32.8 Å². The first-order valence-corrected chi connectivity index (χ1v) is 8.15. The summed E-state index contributed by atoms with van der Waals surface area (Å²) in [4.78, 5) is 16.3. The molecular weight excluding hydrogens is 307 g/mol. The maximum atomic E-state index is 13.9. The molecule has 4 nitrogen and oxygen atoms in total. The van der Waals surface area contributed by atoms with Gasteiger partial charge in [0, 0.05) is 26.2 Å². The van der Waals surface area contributed by atoms with Gasteiger partial charge in [-0.05, 0) is 31.2 Å². The molecule has 126 valence electrons. The molecule has 1 aliphatic rings. The molecule has 0 unspecified atom stereocenters. The number of hydrogen-bond acceptors (Lipinski definition) is 3. The summed E-state index contributed by atoms with van der Waals surface area (Å²) in [5, 5.41) is 0. The number of amides is 1. The van der Waals surface area contributed by atoms with Crippen molar-refractivity contribution in [2.45, 2.75) is 13.0 Å². The number of ether oxygens (including phenoxy) is 1. The Kier molecular flexibility index (Phi) is 4.99. The molecular formula is C19H21FN2O2. The molecule has 0 aliphatic carbocycles. The number of piperazine rings is 1. The minimum atomic E-state index is -0.535. The van der Waals surface area contributed by atoms with Crippen LogP contribution in [-0.4, -0.2) is 43.1 Å². The molecule has 0 N–H and O–H groups in total. The summed E-state index contributed by atoms with van der Waals surface area (Å²) in [7, 11) is 0. The Morgan fingerprint density at radius 2 is 1.62 bits per heavy atom. The van der Waals surface area contributed by atoms with E-state index in [1.54, 1.807) is 24.0 Å². The van der Waals surface area contributed by atoms with Gasteiger partial charge in [-0.15, -0.1) is 0 Å². The highest BCUT2D eigenvalue weighted by molar-refractivity contribution is 5.81. The van der Waals surface area contributed by atoms with Crippen LogP contribution in [0, 0.1) is 5.82 Å². The average Bonchev–Trinajstić information content (AvgIpc) is 2.62. The van der Waals surface area contributed by atoms with Crippen LogP contribution in [0.4, 0.5) is 10.1 Å². The van der Waals surface area contributed by atoms with E-state index < -0.39 is 6.10 Å². The molecule has 1 amide bonds. The van der Waals surface area contributed by atoms with E-state index in [1.165, 1.54) is 6.07 Å². The Hall–Kier alpha value is -2.56. The molecule has 1 fully saturated rings. The van der Waals surface area contributed by atoms with Gasteiger partial charge in [-0.1, -0.05) is 30.3 Å². The molecule has 2 aromatic carbocycles. The lowest BCUT2D eigenvalue weighted by atomic mass is 10.2. The largest absolute Gasteiger partial charge is 0.481 e. The normalized spacial score (nSPS) is 15.9. The van der Waals surface area contributed by atoms with Crippen LogP contribution >= 0.6 is 0 Å². The molecule has 24 heavy (non-hydrogen) atoms. The predicted octanol–water partition coefficient (Wildman–Crippen LogP) is 2.94. The van der Waals surface area contributed by atoms with Crippen LogP contribution in [0.2, 0.25) is 0 Å². The lowest BCUT2D eigenvalue weighted by molar-refractivity contribution is -0.138. The number of para-hydroxylation sites is 2. The molecule has 1 atom stereocenters. The molecule has 0 bridgehead atoms. The molecule has 0 radical (unpaired) electrons. The van der Waals surface area contributed by atoms with Crippen molar-refractivity contribution < 1.29 is 13.9 Å². The van der Waals surface area contributed by atoms with E-state index in [4.69, 9.17) is 4.74 Å². The zero-order chi connectivity index (χ0) is 16.9. The fourth-order valence-electron chi connectivity index (χ4n) is 2.89. The average molecular weight is 328 g/mol. The highest BCUT2D eigenvalue weighted by atomic mass is 19.1. The van der Waals surface area contributed by atoms with E-state index >= 15 is 0 Å². The quantitative estimate of drug-likeness (QED) is 0.865. The summed E-state index contributed by atoms with van der Waals surface area (Å²) in [6.45, 7) is 4.12. The predicted molar refractivity (Wildman–Crippen MR) is 91.7 cm³/mol. The van der Waals surface area contributed by atoms with Crippen molar-refractivity contribution in [2.75, 3.05) is 31.1 Å². The minimum Gasteiger partial charge on any atom is -0.481 e. The maximum absolute atomic E-state index is 13.9. The van der Waals surface area contributed by atoms with E-state index in [9.17, 15) is 9.18 Å². The van der Waals surface area contributed by atoms with Gasteiger partial charge in [0.05, 0.1) is 5.69 Å². The zero-order valence-electron chi connectivity index (χ0n) is 13.7. The third-order valence-corrected chi connectivity index (χ3v) is 4.19.